The second kappa shape index (κ2) is 10.0. The molecule has 0 saturated heterocycles. The Kier molecular flexibility index (Phi) is 6.70. The average Bonchev–Trinajstić information content (AvgIpc) is 3.53. The predicted octanol–water partition coefficient (Wildman–Crippen LogP) is 4.08. The van der Waals surface area contributed by atoms with E-state index in [1.807, 2.05) is 54.8 Å². The molecule has 0 spiro atoms. The minimum atomic E-state index is -0.488. The Morgan fingerprint density at radius 3 is 2.48 bits per heavy atom. The number of para-hydroxylation sites is 1. The highest BCUT2D eigenvalue weighted by atomic mass is 32.1. The maximum Gasteiger partial charge on any atom is 0.273 e. The summed E-state index contributed by atoms with van der Waals surface area (Å²) in [6.07, 6.45) is 1.64. The highest BCUT2D eigenvalue weighted by Crippen LogP contribution is 2.29. The Labute approximate surface area is 194 Å². The van der Waals surface area contributed by atoms with Gasteiger partial charge in [0.15, 0.2) is 11.5 Å². The van der Waals surface area contributed by atoms with Gasteiger partial charge in [0.1, 0.15) is 5.69 Å². The average molecular weight is 463 g/mol. The Balaban J connectivity index is 1.54. The lowest BCUT2D eigenvalue weighted by Gasteiger charge is -2.11. The van der Waals surface area contributed by atoms with E-state index in [1.165, 1.54) is 18.4 Å². The van der Waals surface area contributed by atoms with Crippen LogP contribution in [0.4, 0.5) is 0 Å². The maximum atomic E-state index is 13.0. The number of ether oxygens (including phenoxy) is 2. The molecule has 4 rings (SSSR count). The lowest BCUT2D eigenvalue weighted by atomic mass is 10.2. The fourth-order valence-corrected chi connectivity index (χ4v) is 3.91. The van der Waals surface area contributed by atoms with Crippen molar-refractivity contribution in [3.05, 3.63) is 83.4 Å². The molecular formula is C24H22N4O4S. The lowest BCUT2D eigenvalue weighted by Crippen LogP contribution is -2.41. The van der Waals surface area contributed by atoms with Gasteiger partial charge in [-0.25, -0.2) is 4.68 Å². The molecule has 0 saturated carbocycles. The van der Waals surface area contributed by atoms with E-state index in [1.54, 1.807) is 29.1 Å². The lowest BCUT2D eigenvalue weighted by molar-refractivity contribution is 0.0847. The molecule has 2 aromatic carbocycles. The molecule has 2 aromatic heterocycles. The van der Waals surface area contributed by atoms with Gasteiger partial charge in [0.2, 0.25) is 0 Å². The van der Waals surface area contributed by atoms with Crippen LogP contribution in [0.25, 0.3) is 16.3 Å². The van der Waals surface area contributed by atoms with Crippen molar-refractivity contribution in [2.24, 2.45) is 0 Å². The van der Waals surface area contributed by atoms with E-state index < -0.39 is 11.8 Å². The van der Waals surface area contributed by atoms with Gasteiger partial charge < -0.3 is 9.47 Å². The third-order valence-corrected chi connectivity index (χ3v) is 5.63. The summed E-state index contributed by atoms with van der Waals surface area (Å²) in [7, 11) is 1.50. The van der Waals surface area contributed by atoms with Crippen LogP contribution in [0.2, 0.25) is 0 Å². The molecule has 2 amide bonds. The monoisotopic (exact) mass is 462 g/mol. The summed E-state index contributed by atoms with van der Waals surface area (Å²) in [6, 6.07) is 18.1. The number of hydrogen-bond acceptors (Lipinski definition) is 6. The van der Waals surface area contributed by atoms with Crippen molar-refractivity contribution < 1.29 is 19.1 Å². The summed E-state index contributed by atoms with van der Waals surface area (Å²) in [4.78, 5) is 26.4. The van der Waals surface area contributed by atoms with Gasteiger partial charge in [0.05, 0.1) is 29.8 Å². The van der Waals surface area contributed by atoms with Crippen molar-refractivity contribution in [3.8, 4) is 27.8 Å². The van der Waals surface area contributed by atoms with Gasteiger partial charge in [-0.05, 0) is 48.7 Å². The number of hydrogen-bond donors (Lipinski definition) is 2. The van der Waals surface area contributed by atoms with Gasteiger partial charge in [0, 0.05) is 11.8 Å². The Bertz CT molecular complexity index is 1250. The summed E-state index contributed by atoms with van der Waals surface area (Å²) in [5.41, 5.74) is 6.94. The molecule has 0 unspecified atom stereocenters. The van der Waals surface area contributed by atoms with Crippen LogP contribution < -0.4 is 20.3 Å². The van der Waals surface area contributed by atoms with Gasteiger partial charge in [-0.1, -0.05) is 24.3 Å². The normalized spacial score (nSPS) is 10.5. The number of carbonyl (C=O) groups excluding carboxylic acids is 2. The maximum absolute atomic E-state index is 13.0. The molecule has 168 valence electrons. The molecule has 2 heterocycles. The second-order valence-corrected chi connectivity index (χ2v) is 7.80. The second-order valence-electron chi connectivity index (χ2n) is 6.86. The minimum absolute atomic E-state index is 0.314. The van der Waals surface area contributed by atoms with Crippen LogP contribution in [0.3, 0.4) is 0 Å². The van der Waals surface area contributed by atoms with Crippen molar-refractivity contribution in [1.82, 2.24) is 20.6 Å². The molecule has 8 nitrogen and oxygen atoms in total. The van der Waals surface area contributed by atoms with E-state index in [9.17, 15) is 9.59 Å². The quantitative estimate of drug-likeness (QED) is 0.404. The topological polar surface area (TPSA) is 94.5 Å². The third kappa shape index (κ3) is 4.88. The van der Waals surface area contributed by atoms with Gasteiger partial charge in [-0.3, -0.25) is 20.4 Å². The zero-order chi connectivity index (χ0) is 23.2. The van der Waals surface area contributed by atoms with Crippen molar-refractivity contribution >= 4 is 23.2 Å². The van der Waals surface area contributed by atoms with Crippen LogP contribution in [0.1, 0.15) is 27.6 Å². The van der Waals surface area contributed by atoms with Crippen molar-refractivity contribution in [2.45, 2.75) is 6.92 Å². The van der Waals surface area contributed by atoms with E-state index >= 15 is 0 Å². The molecular weight excluding hydrogens is 440 g/mol. The molecule has 0 aliphatic heterocycles. The Morgan fingerprint density at radius 2 is 1.79 bits per heavy atom. The number of thiophene rings is 1. The van der Waals surface area contributed by atoms with E-state index in [0.29, 0.717) is 34.9 Å². The smallest absolute Gasteiger partial charge is 0.273 e. The first-order chi connectivity index (χ1) is 16.1. The third-order valence-electron chi connectivity index (χ3n) is 4.75. The Morgan fingerprint density at radius 1 is 1.00 bits per heavy atom. The molecule has 33 heavy (non-hydrogen) atoms. The van der Waals surface area contributed by atoms with Crippen LogP contribution in [-0.2, 0) is 0 Å². The number of nitrogens with zero attached hydrogens (tertiary/aromatic N) is 2. The number of hydrazine groups is 1. The van der Waals surface area contributed by atoms with Crippen LogP contribution >= 0.6 is 11.3 Å². The molecule has 9 heteroatoms. The predicted molar refractivity (Wildman–Crippen MR) is 126 cm³/mol. The van der Waals surface area contributed by atoms with Gasteiger partial charge in [-0.2, -0.15) is 5.10 Å². The number of nitrogens with one attached hydrogen (secondary N) is 2. The molecule has 4 aromatic rings. The zero-order valence-electron chi connectivity index (χ0n) is 18.1. The van der Waals surface area contributed by atoms with E-state index in [0.717, 1.165) is 10.6 Å². The van der Waals surface area contributed by atoms with E-state index in [4.69, 9.17) is 9.47 Å². The zero-order valence-corrected chi connectivity index (χ0v) is 18.9. The minimum Gasteiger partial charge on any atom is -0.493 e. The van der Waals surface area contributed by atoms with Gasteiger partial charge in [0.25, 0.3) is 11.8 Å². The molecule has 0 atom stereocenters. The molecule has 0 bridgehead atoms. The number of amides is 2. The van der Waals surface area contributed by atoms with E-state index in [-0.39, 0.29) is 0 Å². The number of rotatable bonds is 7. The fraction of sp³-hybridized carbons (Fsp3) is 0.125. The highest BCUT2D eigenvalue weighted by molar-refractivity contribution is 7.13. The molecule has 2 N–H and O–H groups in total. The summed E-state index contributed by atoms with van der Waals surface area (Å²) in [6.45, 7) is 2.33. The van der Waals surface area contributed by atoms with E-state index in [2.05, 4.69) is 16.0 Å². The van der Waals surface area contributed by atoms with Crippen LogP contribution in [0.15, 0.2) is 72.2 Å². The number of carbonyl (C=O) groups is 2. The van der Waals surface area contributed by atoms with Crippen LogP contribution in [-0.4, -0.2) is 35.3 Å². The first-order valence-electron chi connectivity index (χ1n) is 10.2. The molecule has 0 fully saturated rings. The SMILES string of the molecule is CCOc1ccc(C(=O)NNC(=O)c2cn(-c3ccccc3)nc2-c2cccs2)cc1OC. The summed E-state index contributed by atoms with van der Waals surface area (Å²) in [5.74, 6) is -0.000831. The number of aromatic nitrogens is 2. The number of benzene rings is 2. The molecule has 0 radical (unpaired) electrons. The summed E-state index contributed by atoms with van der Waals surface area (Å²) >= 11 is 1.48. The largest absolute Gasteiger partial charge is 0.493 e. The number of methoxy groups -OCH3 is 1. The first-order valence-corrected chi connectivity index (χ1v) is 11.1. The first kappa shape index (κ1) is 22.1. The Hall–Kier alpha value is -4.11. The van der Waals surface area contributed by atoms with Crippen LogP contribution in [0, 0.1) is 0 Å². The standard InChI is InChI=1S/C24H22N4O4S/c1-3-32-19-12-11-16(14-20(19)31-2)23(29)25-26-24(30)18-15-28(17-8-5-4-6-9-17)27-22(18)21-10-7-13-33-21/h4-15H,3H2,1-2H3,(H,25,29)(H,26,30). The summed E-state index contributed by atoms with van der Waals surface area (Å²) in [5, 5.41) is 6.52. The van der Waals surface area contributed by atoms with Crippen molar-refractivity contribution in [2.75, 3.05) is 13.7 Å². The van der Waals surface area contributed by atoms with Crippen molar-refractivity contribution in [3.63, 3.8) is 0 Å². The molecule has 0 aliphatic carbocycles. The fourth-order valence-electron chi connectivity index (χ4n) is 3.18. The van der Waals surface area contributed by atoms with Gasteiger partial charge >= 0.3 is 0 Å². The highest BCUT2D eigenvalue weighted by Gasteiger charge is 2.20. The summed E-state index contributed by atoms with van der Waals surface area (Å²) < 4.78 is 12.4. The van der Waals surface area contributed by atoms with Crippen molar-refractivity contribution in [1.29, 1.82) is 0 Å². The van der Waals surface area contributed by atoms with Gasteiger partial charge in [-0.15, -0.1) is 11.3 Å². The molecule has 0 aliphatic rings. The van der Waals surface area contributed by atoms with Crippen LogP contribution in [0.5, 0.6) is 11.5 Å².